The second kappa shape index (κ2) is 10.7. The fourth-order valence-electron chi connectivity index (χ4n) is 3.33. The molecule has 176 valence electrons. The number of hydrogen-bond donors (Lipinski definition) is 2. The smallest absolute Gasteiger partial charge is 0.267 e. The Morgan fingerprint density at radius 3 is 2.64 bits per heavy atom. The van der Waals surface area contributed by atoms with Gasteiger partial charge in [0.25, 0.3) is 5.91 Å². The lowest BCUT2D eigenvalue weighted by molar-refractivity contribution is -0.131. The summed E-state index contributed by atoms with van der Waals surface area (Å²) in [5.74, 6) is 0.751. The Hall–Kier alpha value is -3.11. The summed E-state index contributed by atoms with van der Waals surface area (Å²) in [4.78, 5) is 31.5. The monoisotopic (exact) mass is 490 g/mol. The number of hydrogen-bond acceptors (Lipinski definition) is 7. The maximum absolute atomic E-state index is 12.8. The lowest BCUT2D eigenvalue weighted by Crippen LogP contribution is -2.33. The van der Waals surface area contributed by atoms with Crippen LogP contribution in [-0.4, -0.2) is 51.7 Å². The van der Waals surface area contributed by atoms with E-state index >= 15 is 0 Å². The van der Waals surface area contributed by atoms with Gasteiger partial charge in [-0.2, -0.15) is 5.10 Å². The number of methoxy groups -OCH3 is 1. The summed E-state index contributed by atoms with van der Waals surface area (Å²) in [6.45, 7) is 9.03. The minimum absolute atomic E-state index is 0.0398. The summed E-state index contributed by atoms with van der Waals surface area (Å²) in [6.07, 6.45) is 3.07. The zero-order valence-corrected chi connectivity index (χ0v) is 20.8. The predicted molar refractivity (Wildman–Crippen MR) is 131 cm³/mol. The van der Waals surface area contributed by atoms with E-state index in [1.807, 2.05) is 39.8 Å². The SMILES string of the molecule is CCN(CC)C(=O)Cn1cc(Cl)c(Nc2ncc(C(=O)Nc3c(C)ccc(OC)c3C)s2)n1. The van der Waals surface area contributed by atoms with E-state index in [0.717, 1.165) is 11.1 Å². The molecule has 3 aromatic rings. The Morgan fingerprint density at radius 2 is 1.97 bits per heavy atom. The van der Waals surface area contributed by atoms with Gasteiger partial charge in [-0.1, -0.05) is 29.0 Å². The van der Waals surface area contributed by atoms with Crippen molar-refractivity contribution in [3.05, 3.63) is 45.6 Å². The molecule has 2 heterocycles. The van der Waals surface area contributed by atoms with Crippen LogP contribution in [-0.2, 0) is 11.3 Å². The van der Waals surface area contributed by atoms with Crippen molar-refractivity contribution in [2.24, 2.45) is 0 Å². The van der Waals surface area contributed by atoms with E-state index in [9.17, 15) is 9.59 Å². The van der Waals surface area contributed by atoms with Crippen molar-refractivity contribution in [1.29, 1.82) is 0 Å². The zero-order valence-electron chi connectivity index (χ0n) is 19.2. The van der Waals surface area contributed by atoms with Crippen molar-refractivity contribution in [1.82, 2.24) is 19.7 Å². The number of ether oxygens (including phenoxy) is 1. The molecule has 2 amide bonds. The van der Waals surface area contributed by atoms with Crippen LogP contribution in [0.5, 0.6) is 5.75 Å². The van der Waals surface area contributed by atoms with Crippen LogP contribution in [0.2, 0.25) is 5.02 Å². The molecule has 0 bridgehead atoms. The Bertz CT molecular complexity index is 1160. The van der Waals surface area contributed by atoms with Crippen LogP contribution in [0.4, 0.5) is 16.6 Å². The van der Waals surface area contributed by atoms with Crippen LogP contribution in [0.15, 0.2) is 24.5 Å². The maximum Gasteiger partial charge on any atom is 0.267 e. The molecule has 0 spiro atoms. The Labute approximate surface area is 201 Å². The highest BCUT2D eigenvalue weighted by Crippen LogP contribution is 2.31. The number of carbonyl (C=O) groups is 2. The Kier molecular flexibility index (Phi) is 7.93. The van der Waals surface area contributed by atoms with Gasteiger partial charge in [0.2, 0.25) is 5.91 Å². The molecule has 0 saturated carbocycles. The number of rotatable bonds is 9. The number of likely N-dealkylation sites (N-methyl/N-ethyl adjacent to an activating group) is 1. The van der Waals surface area contributed by atoms with Gasteiger partial charge < -0.3 is 20.3 Å². The van der Waals surface area contributed by atoms with Crippen LogP contribution < -0.4 is 15.4 Å². The third kappa shape index (κ3) is 5.63. The number of halogens is 1. The molecular weight excluding hydrogens is 464 g/mol. The minimum atomic E-state index is -0.276. The molecule has 0 atom stereocenters. The second-order valence-corrected chi connectivity index (χ2v) is 8.72. The Morgan fingerprint density at radius 1 is 1.24 bits per heavy atom. The van der Waals surface area contributed by atoms with E-state index in [4.69, 9.17) is 16.3 Å². The molecular formula is C22H27ClN6O3S. The molecule has 0 radical (unpaired) electrons. The number of benzene rings is 1. The summed E-state index contributed by atoms with van der Waals surface area (Å²) in [5, 5.41) is 11.1. The third-order valence-corrected chi connectivity index (χ3v) is 6.36. The summed E-state index contributed by atoms with van der Waals surface area (Å²) in [6, 6.07) is 3.76. The van der Waals surface area contributed by atoms with Crippen molar-refractivity contribution in [2.75, 3.05) is 30.8 Å². The molecule has 0 aliphatic rings. The van der Waals surface area contributed by atoms with Crippen molar-refractivity contribution in [3.63, 3.8) is 0 Å². The number of aryl methyl sites for hydroxylation is 1. The van der Waals surface area contributed by atoms with Gasteiger partial charge in [-0.25, -0.2) is 4.98 Å². The zero-order chi connectivity index (χ0) is 24.1. The van der Waals surface area contributed by atoms with Crippen LogP contribution >= 0.6 is 22.9 Å². The second-order valence-electron chi connectivity index (χ2n) is 7.28. The van der Waals surface area contributed by atoms with Gasteiger partial charge in [-0.05, 0) is 39.3 Å². The van der Waals surface area contributed by atoms with E-state index in [0.29, 0.717) is 45.4 Å². The van der Waals surface area contributed by atoms with Crippen molar-refractivity contribution in [2.45, 2.75) is 34.2 Å². The number of thiazole rings is 1. The molecule has 9 nitrogen and oxygen atoms in total. The number of anilines is 3. The van der Waals surface area contributed by atoms with Crippen LogP contribution in [0.1, 0.15) is 34.6 Å². The van der Waals surface area contributed by atoms with E-state index in [1.165, 1.54) is 22.2 Å². The molecule has 0 aliphatic carbocycles. The number of carbonyl (C=O) groups excluding carboxylic acids is 2. The fourth-order valence-corrected chi connectivity index (χ4v) is 4.24. The quantitative estimate of drug-likeness (QED) is 0.458. The molecule has 33 heavy (non-hydrogen) atoms. The highest BCUT2D eigenvalue weighted by atomic mass is 35.5. The Balaban J connectivity index is 1.70. The summed E-state index contributed by atoms with van der Waals surface area (Å²) in [5.41, 5.74) is 2.49. The summed E-state index contributed by atoms with van der Waals surface area (Å²) >= 11 is 7.45. The van der Waals surface area contributed by atoms with Crippen LogP contribution in [0, 0.1) is 13.8 Å². The number of nitrogens with zero attached hydrogens (tertiary/aromatic N) is 4. The van der Waals surface area contributed by atoms with E-state index in [2.05, 4.69) is 20.7 Å². The molecule has 1 aromatic carbocycles. The molecule has 0 saturated heterocycles. The van der Waals surface area contributed by atoms with E-state index in [-0.39, 0.29) is 18.4 Å². The lowest BCUT2D eigenvalue weighted by atomic mass is 10.1. The fraction of sp³-hybridized carbons (Fsp3) is 0.364. The standard InChI is InChI=1S/C22H27ClN6O3S/c1-6-28(7-2)18(30)12-29-11-15(23)20(27-29)26-22-24-10-17(33-22)21(31)25-19-13(3)8-9-16(32-5)14(19)4/h8-11H,6-7,12H2,1-5H3,(H,25,31)(H,24,26,27). The van der Waals surface area contributed by atoms with Crippen molar-refractivity contribution < 1.29 is 14.3 Å². The van der Waals surface area contributed by atoms with Gasteiger partial charge in [0, 0.05) is 24.8 Å². The summed E-state index contributed by atoms with van der Waals surface area (Å²) < 4.78 is 6.83. The highest BCUT2D eigenvalue weighted by molar-refractivity contribution is 7.17. The average Bonchev–Trinajstić information content (AvgIpc) is 3.38. The molecule has 0 fully saturated rings. The normalized spacial score (nSPS) is 10.7. The van der Waals surface area contributed by atoms with Gasteiger partial charge in [-0.3, -0.25) is 14.3 Å². The van der Waals surface area contributed by atoms with Gasteiger partial charge in [0.15, 0.2) is 10.9 Å². The number of amides is 2. The highest BCUT2D eigenvalue weighted by Gasteiger charge is 2.17. The maximum atomic E-state index is 12.8. The van der Waals surface area contributed by atoms with Gasteiger partial charge in [0.05, 0.1) is 19.0 Å². The first-order chi connectivity index (χ1) is 15.8. The molecule has 11 heteroatoms. The first kappa shape index (κ1) is 24.5. The largest absolute Gasteiger partial charge is 0.496 e. The topological polar surface area (TPSA) is 101 Å². The minimum Gasteiger partial charge on any atom is -0.496 e. The van der Waals surface area contributed by atoms with E-state index < -0.39 is 0 Å². The first-order valence-electron chi connectivity index (χ1n) is 10.5. The van der Waals surface area contributed by atoms with Crippen LogP contribution in [0.3, 0.4) is 0 Å². The predicted octanol–water partition coefficient (Wildman–Crippen LogP) is 4.48. The molecule has 0 aliphatic heterocycles. The first-order valence-corrected chi connectivity index (χ1v) is 11.7. The number of nitrogens with one attached hydrogen (secondary N) is 2. The van der Waals surface area contributed by atoms with Crippen LogP contribution in [0.25, 0.3) is 0 Å². The van der Waals surface area contributed by atoms with Crippen molar-refractivity contribution >= 4 is 51.4 Å². The van der Waals surface area contributed by atoms with Gasteiger partial charge in [-0.15, -0.1) is 0 Å². The molecule has 2 N–H and O–H groups in total. The molecule has 2 aromatic heterocycles. The molecule has 0 unspecified atom stereocenters. The average molecular weight is 491 g/mol. The summed E-state index contributed by atoms with van der Waals surface area (Å²) in [7, 11) is 1.59. The van der Waals surface area contributed by atoms with E-state index in [1.54, 1.807) is 18.2 Å². The lowest BCUT2D eigenvalue weighted by Gasteiger charge is -2.18. The van der Waals surface area contributed by atoms with Crippen molar-refractivity contribution in [3.8, 4) is 5.75 Å². The third-order valence-electron chi connectivity index (χ3n) is 5.17. The number of aromatic nitrogens is 3. The van der Waals surface area contributed by atoms with Gasteiger partial charge >= 0.3 is 0 Å². The molecule has 3 rings (SSSR count). The van der Waals surface area contributed by atoms with Gasteiger partial charge in [0.1, 0.15) is 22.2 Å².